The van der Waals surface area contributed by atoms with Crippen molar-refractivity contribution in [3.8, 4) is 0 Å². The molecule has 0 heterocycles. The molecule has 0 aromatic rings. The lowest BCUT2D eigenvalue weighted by molar-refractivity contribution is -0.226. The number of hydroxylamine groups is 2. The third-order valence-corrected chi connectivity index (χ3v) is 2.59. The summed E-state index contributed by atoms with van der Waals surface area (Å²) in [5.41, 5.74) is -2.15. The number of carboxylic acid groups (broad SMARTS) is 1. The van der Waals surface area contributed by atoms with Gasteiger partial charge in [-0.2, -0.15) is 5.06 Å². The fourth-order valence-corrected chi connectivity index (χ4v) is 1.44. The van der Waals surface area contributed by atoms with Gasteiger partial charge in [-0.25, -0.2) is 9.59 Å². The molecule has 1 N–H and O–H groups in total. The Morgan fingerprint density at radius 2 is 1.67 bits per heavy atom. The molecule has 0 aliphatic heterocycles. The number of carbonyl (C=O) groups is 2. The fourth-order valence-electron chi connectivity index (χ4n) is 1.44. The predicted octanol–water partition coefficient (Wildman–Crippen LogP) is 3.45. The highest BCUT2D eigenvalue weighted by Gasteiger charge is 2.35. The molecule has 124 valence electrons. The first-order chi connectivity index (χ1) is 9.35. The van der Waals surface area contributed by atoms with Gasteiger partial charge in [-0.05, 0) is 53.4 Å². The van der Waals surface area contributed by atoms with E-state index in [1.54, 1.807) is 20.8 Å². The lowest BCUT2D eigenvalue weighted by Crippen LogP contribution is -2.46. The van der Waals surface area contributed by atoms with Crippen molar-refractivity contribution in [2.24, 2.45) is 5.92 Å². The standard InChI is InChI=1S/C15H29NO5/c1-11(2)9-8-10-16(13(19)20-14(3,4)5)21-15(6,7)12(17)18/h11H,8-10H2,1-7H3,(H,17,18). The van der Waals surface area contributed by atoms with Crippen LogP contribution in [0.1, 0.15) is 61.3 Å². The van der Waals surface area contributed by atoms with Crippen LogP contribution in [0.5, 0.6) is 0 Å². The van der Waals surface area contributed by atoms with E-state index < -0.39 is 23.3 Å². The zero-order valence-electron chi connectivity index (χ0n) is 14.2. The Kier molecular flexibility index (Phi) is 7.16. The van der Waals surface area contributed by atoms with Crippen LogP contribution >= 0.6 is 0 Å². The van der Waals surface area contributed by atoms with Gasteiger partial charge in [-0.1, -0.05) is 13.8 Å². The predicted molar refractivity (Wildman–Crippen MR) is 79.8 cm³/mol. The second-order valence-corrected chi connectivity index (χ2v) is 7.03. The SMILES string of the molecule is CC(C)CCCN(OC(C)(C)C(=O)O)C(=O)OC(C)(C)C. The van der Waals surface area contributed by atoms with E-state index in [4.69, 9.17) is 14.7 Å². The Bertz CT molecular complexity index is 358. The summed E-state index contributed by atoms with van der Waals surface area (Å²) in [4.78, 5) is 28.6. The van der Waals surface area contributed by atoms with Crippen molar-refractivity contribution < 1.29 is 24.3 Å². The van der Waals surface area contributed by atoms with E-state index in [9.17, 15) is 9.59 Å². The van der Waals surface area contributed by atoms with E-state index in [-0.39, 0.29) is 0 Å². The van der Waals surface area contributed by atoms with E-state index >= 15 is 0 Å². The van der Waals surface area contributed by atoms with Gasteiger partial charge < -0.3 is 9.84 Å². The summed E-state index contributed by atoms with van der Waals surface area (Å²) in [5, 5.41) is 10.1. The van der Waals surface area contributed by atoms with Crippen molar-refractivity contribution in [1.82, 2.24) is 5.06 Å². The van der Waals surface area contributed by atoms with Crippen molar-refractivity contribution in [2.45, 2.75) is 72.5 Å². The maximum Gasteiger partial charge on any atom is 0.434 e. The summed E-state index contributed by atoms with van der Waals surface area (Å²) in [6, 6.07) is 0. The lowest BCUT2D eigenvalue weighted by Gasteiger charge is -2.31. The highest BCUT2D eigenvalue weighted by molar-refractivity contribution is 5.76. The van der Waals surface area contributed by atoms with E-state index in [0.29, 0.717) is 18.9 Å². The summed E-state index contributed by atoms with van der Waals surface area (Å²) in [6.07, 6.45) is 0.962. The Morgan fingerprint density at radius 3 is 2.05 bits per heavy atom. The smallest absolute Gasteiger partial charge is 0.434 e. The Labute approximate surface area is 127 Å². The Balaban J connectivity index is 4.84. The lowest BCUT2D eigenvalue weighted by atomic mass is 10.1. The summed E-state index contributed by atoms with van der Waals surface area (Å²) in [7, 11) is 0. The van der Waals surface area contributed by atoms with Gasteiger partial charge in [-0.15, -0.1) is 0 Å². The van der Waals surface area contributed by atoms with Crippen LogP contribution in [-0.2, 0) is 14.4 Å². The molecule has 6 nitrogen and oxygen atoms in total. The third-order valence-electron chi connectivity index (χ3n) is 2.59. The Hall–Kier alpha value is -1.30. The second kappa shape index (κ2) is 7.64. The largest absolute Gasteiger partial charge is 0.479 e. The molecule has 0 aliphatic rings. The van der Waals surface area contributed by atoms with Gasteiger partial charge in [0.15, 0.2) is 5.60 Å². The van der Waals surface area contributed by atoms with Crippen LogP contribution in [-0.4, -0.2) is 40.0 Å². The fraction of sp³-hybridized carbons (Fsp3) is 0.867. The molecule has 0 saturated heterocycles. The molecule has 0 atom stereocenters. The normalized spacial score (nSPS) is 12.4. The number of amides is 1. The maximum absolute atomic E-state index is 12.1. The number of rotatable bonds is 7. The van der Waals surface area contributed by atoms with Gasteiger partial charge in [0.05, 0.1) is 6.54 Å². The van der Waals surface area contributed by atoms with Crippen molar-refractivity contribution >= 4 is 12.1 Å². The Morgan fingerprint density at radius 1 is 1.14 bits per heavy atom. The maximum atomic E-state index is 12.1. The topological polar surface area (TPSA) is 76.1 Å². The zero-order chi connectivity index (χ0) is 16.8. The first-order valence-electron chi connectivity index (χ1n) is 7.28. The van der Waals surface area contributed by atoms with Crippen LogP contribution in [0.3, 0.4) is 0 Å². The minimum absolute atomic E-state index is 0.295. The summed E-state index contributed by atoms with van der Waals surface area (Å²) in [5.74, 6) is -0.641. The van der Waals surface area contributed by atoms with E-state index in [2.05, 4.69) is 13.8 Å². The molecule has 6 heteroatoms. The molecule has 0 saturated carbocycles. The highest BCUT2D eigenvalue weighted by Crippen LogP contribution is 2.17. The van der Waals surface area contributed by atoms with Gasteiger partial charge >= 0.3 is 12.1 Å². The minimum Gasteiger partial charge on any atom is -0.479 e. The number of hydrogen-bond acceptors (Lipinski definition) is 4. The molecule has 21 heavy (non-hydrogen) atoms. The van der Waals surface area contributed by atoms with Crippen LogP contribution in [0.15, 0.2) is 0 Å². The first kappa shape index (κ1) is 19.7. The van der Waals surface area contributed by atoms with Crippen molar-refractivity contribution in [2.75, 3.05) is 6.54 Å². The van der Waals surface area contributed by atoms with E-state index in [1.165, 1.54) is 13.8 Å². The van der Waals surface area contributed by atoms with Crippen LogP contribution < -0.4 is 0 Å². The number of nitrogens with zero attached hydrogens (tertiary/aromatic N) is 1. The summed E-state index contributed by atoms with van der Waals surface area (Å²) in [6.45, 7) is 12.5. The minimum atomic E-state index is -1.49. The van der Waals surface area contributed by atoms with Crippen molar-refractivity contribution in [1.29, 1.82) is 0 Å². The number of aliphatic carboxylic acids is 1. The monoisotopic (exact) mass is 303 g/mol. The van der Waals surface area contributed by atoms with Gasteiger partial charge in [-0.3, -0.25) is 4.84 Å². The second-order valence-electron chi connectivity index (χ2n) is 7.03. The third kappa shape index (κ3) is 8.55. The first-order valence-corrected chi connectivity index (χ1v) is 7.28. The van der Waals surface area contributed by atoms with Gasteiger partial charge in [0.2, 0.25) is 0 Å². The van der Waals surface area contributed by atoms with Gasteiger partial charge in [0, 0.05) is 0 Å². The molecule has 0 unspecified atom stereocenters. The van der Waals surface area contributed by atoms with Crippen molar-refractivity contribution in [3.63, 3.8) is 0 Å². The van der Waals surface area contributed by atoms with Gasteiger partial charge in [0.1, 0.15) is 5.60 Å². The molecule has 0 bridgehead atoms. The number of carbonyl (C=O) groups excluding carboxylic acids is 1. The van der Waals surface area contributed by atoms with E-state index in [0.717, 1.165) is 11.5 Å². The average molecular weight is 303 g/mol. The van der Waals surface area contributed by atoms with Crippen LogP contribution in [0, 0.1) is 5.92 Å². The summed E-state index contributed by atoms with van der Waals surface area (Å²) < 4.78 is 5.25. The van der Waals surface area contributed by atoms with Crippen LogP contribution in [0.4, 0.5) is 4.79 Å². The average Bonchev–Trinajstić information content (AvgIpc) is 2.24. The highest BCUT2D eigenvalue weighted by atomic mass is 16.7. The van der Waals surface area contributed by atoms with Crippen LogP contribution in [0.2, 0.25) is 0 Å². The molecule has 0 fully saturated rings. The number of ether oxygens (including phenoxy) is 1. The van der Waals surface area contributed by atoms with Crippen molar-refractivity contribution in [3.05, 3.63) is 0 Å². The quantitative estimate of drug-likeness (QED) is 0.729. The molecular formula is C15H29NO5. The molecule has 0 radical (unpaired) electrons. The number of carboxylic acids is 1. The molecular weight excluding hydrogens is 274 g/mol. The van der Waals surface area contributed by atoms with Crippen LogP contribution in [0.25, 0.3) is 0 Å². The number of hydrogen-bond donors (Lipinski definition) is 1. The molecule has 1 amide bonds. The molecule has 0 aromatic carbocycles. The molecule has 0 spiro atoms. The molecule has 0 aromatic heterocycles. The van der Waals surface area contributed by atoms with Gasteiger partial charge in [0.25, 0.3) is 0 Å². The molecule has 0 aliphatic carbocycles. The van der Waals surface area contributed by atoms with E-state index in [1.807, 2.05) is 0 Å². The summed E-state index contributed by atoms with van der Waals surface area (Å²) >= 11 is 0. The molecule has 0 rings (SSSR count). The zero-order valence-corrected chi connectivity index (χ0v) is 14.2.